The van der Waals surface area contributed by atoms with Crippen LogP contribution in [0, 0.1) is 0 Å². The maximum absolute atomic E-state index is 12.8. The molecular formula is C21H24Cl2N2O. The van der Waals surface area contributed by atoms with E-state index in [0.29, 0.717) is 12.3 Å². The molecule has 1 aliphatic rings. The summed E-state index contributed by atoms with van der Waals surface area (Å²) in [6.45, 7) is 0.762. The molecule has 3 atom stereocenters. The van der Waals surface area contributed by atoms with Crippen LogP contribution in [-0.4, -0.2) is 29.2 Å². The molecule has 0 aliphatic heterocycles. The molecule has 2 aromatic carbocycles. The minimum atomic E-state index is 0.0272. The van der Waals surface area contributed by atoms with E-state index >= 15 is 0 Å². The van der Waals surface area contributed by atoms with E-state index in [-0.39, 0.29) is 23.4 Å². The van der Waals surface area contributed by atoms with Crippen LogP contribution >= 0.6 is 23.2 Å². The number of rotatable bonds is 7. The number of amides is 1. The number of hydrogen-bond donors (Lipinski definition) is 1. The standard InChI is InChI=1S/C21H24Cl2N2O/c22-12-11-21(26)25(18-9-5-2-6-10-18)20-14-17(23)13-19(20)24-15-16-7-3-1-4-8-16/h1-10,17,19-20,24H,11-15H2. The highest BCUT2D eigenvalue weighted by Crippen LogP contribution is 2.32. The number of hydrogen-bond acceptors (Lipinski definition) is 2. The van der Waals surface area contributed by atoms with E-state index in [4.69, 9.17) is 23.2 Å². The molecule has 2 aromatic rings. The van der Waals surface area contributed by atoms with Crippen molar-refractivity contribution in [3.05, 3.63) is 66.2 Å². The zero-order valence-electron chi connectivity index (χ0n) is 14.7. The molecule has 0 bridgehead atoms. The number of carbonyl (C=O) groups excluding carboxylic acids is 1. The second kappa shape index (κ2) is 9.40. The van der Waals surface area contributed by atoms with Crippen molar-refractivity contribution < 1.29 is 4.79 Å². The lowest BCUT2D eigenvalue weighted by Gasteiger charge is -2.33. The number of nitrogens with one attached hydrogen (secondary N) is 1. The molecule has 26 heavy (non-hydrogen) atoms. The Kier molecular flexibility index (Phi) is 6.95. The van der Waals surface area contributed by atoms with Crippen LogP contribution in [0.5, 0.6) is 0 Å². The predicted molar refractivity (Wildman–Crippen MR) is 109 cm³/mol. The van der Waals surface area contributed by atoms with Gasteiger partial charge in [0.05, 0.1) is 6.04 Å². The van der Waals surface area contributed by atoms with Gasteiger partial charge in [0.2, 0.25) is 5.91 Å². The number of carbonyl (C=O) groups is 1. The fourth-order valence-electron chi connectivity index (χ4n) is 3.61. The number of para-hydroxylation sites is 1. The van der Waals surface area contributed by atoms with Gasteiger partial charge in [-0.15, -0.1) is 23.2 Å². The summed E-state index contributed by atoms with van der Waals surface area (Å²) >= 11 is 12.3. The van der Waals surface area contributed by atoms with Gasteiger partial charge < -0.3 is 10.2 Å². The van der Waals surface area contributed by atoms with E-state index in [1.807, 2.05) is 53.4 Å². The van der Waals surface area contributed by atoms with Gasteiger partial charge in [0, 0.05) is 36.0 Å². The lowest BCUT2D eigenvalue weighted by molar-refractivity contribution is -0.118. The average molecular weight is 391 g/mol. The number of benzene rings is 2. The molecule has 0 radical (unpaired) electrons. The fourth-order valence-corrected chi connectivity index (χ4v) is 4.15. The van der Waals surface area contributed by atoms with Crippen molar-refractivity contribution in [2.75, 3.05) is 10.8 Å². The number of alkyl halides is 2. The summed E-state index contributed by atoms with van der Waals surface area (Å²) in [6, 6.07) is 20.3. The first-order valence-corrected chi connectivity index (χ1v) is 10.0. The van der Waals surface area contributed by atoms with Crippen LogP contribution in [0.4, 0.5) is 5.69 Å². The van der Waals surface area contributed by atoms with Gasteiger partial charge in [0.25, 0.3) is 0 Å². The average Bonchev–Trinajstić information content (AvgIpc) is 3.02. The van der Waals surface area contributed by atoms with E-state index in [1.54, 1.807) is 0 Å². The maximum atomic E-state index is 12.8. The highest BCUT2D eigenvalue weighted by molar-refractivity contribution is 6.21. The van der Waals surface area contributed by atoms with Gasteiger partial charge in [-0.3, -0.25) is 4.79 Å². The van der Waals surface area contributed by atoms with Gasteiger partial charge >= 0.3 is 0 Å². The van der Waals surface area contributed by atoms with Crippen molar-refractivity contribution in [1.29, 1.82) is 0 Å². The van der Waals surface area contributed by atoms with Crippen molar-refractivity contribution in [2.24, 2.45) is 0 Å². The predicted octanol–water partition coefficient (Wildman–Crippen LogP) is 4.58. The van der Waals surface area contributed by atoms with Crippen molar-refractivity contribution in [3.63, 3.8) is 0 Å². The third-order valence-corrected chi connectivity index (χ3v) is 5.37. The molecule has 0 saturated heterocycles. The Morgan fingerprint density at radius 2 is 1.69 bits per heavy atom. The van der Waals surface area contributed by atoms with E-state index in [9.17, 15) is 4.79 Å². The van der Waals surface area contributed by atoms with E-state index in [1.165, 1.54) is 5.56 Å². The quantitative estimate of drug-likeness (QED) is 0.701. The number of anilines is 1. The van der Waals surface area contributed by atoms with Crippen LogP contribution in [0.15, 0.2) is 60.7 Å². The molecule has 3 nitrogen and oxygen atoms in total. The Morgan fingerprint density at radius 3 is 2.35 bits per heavy atom. The molecule has 1 saturated carbocycles. The first kappa shape index (κ1) is 19.2. The molecule has 5 heteroatoms. The van der Waals surface area contributed by atoms with Crippen LogP contribution in [-0.2, 0) is 11.3 Å². The number of nitrogens with zero attached hydrogens (tertiary/aromatic N) is 1. The summed E-state index contributed by atoms with van der Waals surface area (Å²) in [7, 11) is 0. The van der Waals surface area contributed by atoms with Crippen LogP contribution in [0.3, 0.4) is 0 Å². The highest BCUT2D eigenvalue weighted by Gasteiger charge is 2.39. The smallest absolute Gasteiger partial charge is 0.228 e. The van der Waals surface area contributed by atoms with Crippen molar-refractivity contribution >= 4 is 34.8 Å². The minimum Gasteiger partial charge on any atom is -0.308 e. The molecular weight excluding hydrogens is 367 g/mol. The normalized spacial score (nSPS) is 22.3. The Morgan fingerprint density at radius 1 is 1.04 bits per heavy atom. The minimum absolute atomic E-state index is 0.0272. The van der Waals surface area contributed by atoms with Crippen LogP contribution in [0.25, 0.3) is 0 Å². The summed E-state index contributed by atoms with van der Waals surface area (Å²) in [5.74, 6) is 0.370. The van der Waals surface area contributed by atoms with Crippen molar-refractivity contribution in [1.82, 2.24) is 5.32 Å². The van der Waals surface area contributed by atoms with E-state index < -0.39 is 0 Å². The van der Waals surface area contributed by atoms with E-state index in [2.05, 4.69) is 17.4 Å². The molecule has 1 aliphatic carbocycles. The summed E-state index contributed by atoms with van der Waals surface area (Å²) < 4.78 is 0. The molecule has 0 spiro atoms. The molecule has 138 valence electrons. The largest absolute Gasteiger partial charge is 0.308 e. The zero-order valence-corrected chi connectivity index (χ0v) is 16.2. The first-order valence-electron chi connectivity index (χ1n) is 9.03. The topological polar surface area (TPSA) is 32.3 Å². The van der Waals surface area contributed by atoms with Gasteiger partial charge in [-0.25, -0.2) is 0 Å². The van der Waals surface area contributed by atoms with E-state index in [0.717, 1.165) is 25.1 Å². The summed E-state index contributed by atoms with van der Waals surface area (Å²) in [5.41, 5.74) is 2.13. The molecule has 1 fully saturated rings. The summed E-state index contributed by atoms with van der Waals surface area (Å²) in [4.78, 5) is 14.7. The van der Waals surface area contributed by atoms with Crippen LogP contribution in [0.1, 0.15) is 24.8 Å². The molecule has 0 aromatic heterocycles. The second-order valence-corrected chi connectivity index (χ2v) is 7.64. The maximum Gasteiger partial charge on any atom is 0.228 e. The SMILES string of the molecule is O=C(CCCl)N(c1ccccc1)C1CC(Cl)CC1NCc1ccccc1. The van der Waals surface area contributed by atoms with Crippen molar-refractivity contribution in [3.8, 4) is 0 Å². The van der Waals surface area contributed by atoms with Gasteiger partial charge in [0.15, 0.2) is 0 Å². The van der Waals surface area contributed by atoms with Crippen LogP contribution in [0.2, 0.25) is 0 Å². The molecule has 3 unspecified atom stereocenters. The molecule has 1 amide bonds. The van der Waals surface area contributed by atoms with Gasteiger partial charge in [-0.05, 0) is 30.5 Å². The lowest BCUT2D eigenvalue weighted by atomic mass is 10.1. The van der Waals surface area contributed by atoms with Gasteiger partial charge in [-0.1, -0.05) is 48.5 Å². The zero-order chi connectivity index (χ0) is 18.4. The second-order valence-electron chi connectivity index (χ2n) is 6.65. The molecule has 3 rings (SSSR count). The van der Waals surface area contributed by atoms with Gasteiger partial charge in [-0.2, -0.15) is 0 Å². The van der Waals surface area contributed by atoms with Gasteiger partial charge in [0.1, 0.15) is 0 Å². The number of halogens is 2. The van der Waals surface area contributed by atoms with Crippen LogP contribution < -0.4 is 10.2 Å². The van der Waals surface area contributed by atoms with Crippen molar-refractivity contribution in [2.45, 2.75) is 43.3 Å². The summed E-state index contributed by atoms with van der Waals surface area (Å²) in [5, 5.41) is 3.67. The molecule has 0 heterocycles. The third-order valence-electron chi connectivity index (χ3n) is 4.83. The Hall–Kier alpha value is -1.55. The Labute approximate surface area is 165 Å². The first-order chi connectivity index (χ1) is 12.7. The third kappa shape index (κ3) is 4.79. The Balaban J connectivity index is 1.79. The lowest BCUT2D eigenvalue weighted by Crippen LogP contribution is -2.49. The Bertz CT molecular complexity index is 696. The fraction of sp³-hybridized carbons (Fsp3) is 0.381. The summed E-state index contributed by atoms with van der Waals surface area (Å²) in [6.07, 6.45) is 1.94. The highest BCUT2D eigenvalue weighted by atomic mass is 35.5. The monoisotopic (exact) mass is 390 g/mol. The molecule has 1 N–H and O–H groups in total.